The van der Waals surface area contributed by atoms with Gasteiger partial charge in [-0.3, -0.25) is 19.7 Å². The predicted octanol–water partition coefficient (Wildman–Crippen LogP) is -2.18. The molecule has 12 heteroatoms. The Kier molecular flexibility index (Phi) is 10.3. The lowest BCUT2D eigenvalue weighted by Crippen LogP contribution is -2.73. The zero-order chi connectivity index (χ0) is 20.6. The summed E-state index contributed by atoms with van der Waals surface area (Å²) >= 11 is 12.3. The molecule has 0 radical (unpaired) electrons. The van der Waals surface area contributed by atoms with Gasteiger partial charge in [-0.2, -0.15) is 37.9 Å². The predicted molar refractivity (Wildman–Crippen MR) is 112 cm³/mol. The highest BCUT2D eigenvalue weighted by Gasteiger charge is 2.44. The van der Waals surface area contributed by atoms with Gasteiger partial charge in [0, 0.05) is 18.6 Å². The molecule has 3 amide bonds. The summed E-state index contributed by atoms with van der Waals surface area (Å²) in [6.07, 6.45) is 0.246. The molecule has 0 aromatic rings. The summed E-state index contributed by atoms with van der Waals surface area (Å²) < 4.78 is 0. The minimum atomic E-state index is -1.74. The quantitative estimate of drug-likeness (QED) is 0.135. The summed E-state index contributed by atoms with van der Waals surface area (Å²) in [5.74, 6) is -1.73. The molecule has 0 spiro atoms. The third-order valence-corrected chi connectivity index (χ3v) is 5.18. The second-order valence-corrected chi connectivity index (χ2v) is 7.16. The molecule has 0 saturated heterocycles. The summed E-state index contributed by atoms with van der Waals surface area (Å²) in [7, 11) is 1.38. The number of likely N-dealkylation sites (N-methyl/N-ethyl adjacent to an activating group) is 2. The van der Waals surface area contributed by atoms with Crippen molar-refractivity contribution in [1.82, 2.24) is 21.3 Å². The molecule has 0 aromatic heterocycles. The second-order valence-electron chi connectivity index (χ2n) is 6.08. The normalized spacial score (nSPS) is 18.0. The van der Waals surface area contributed by atoms with Crippen molar-refractivity contribution in [3.8, 4) is 0 Å². The minimum Gasteiger partial charge on any atom is -0.356 e. The van der Waals surface area contributed by atoms with E-state index in [1.165, 1.54) is 14.0 Å². The number of nitrogens with one attached hydrogen (secondary N) is 4. The molecule has 0 fully saturated rings. The Bertz CT molecular complexity index is 518. The molecule has 0 rings (SSSR count). The van der Waals surface area contributed by atoms with E-state index in [0.29, 0.717) is 12.3 Å². The van der Waals surface area contributed by atoms with E-state index in [4.69, 9.17) is 11.5 Å². The smallest absolute Gasteiger partial charge is 0.261 e. The number of carbonyl (C=O) groups is 3. The summed E-state index contributed by atoms with van der Waals surface area (Å²) in [6.45, 7) is 3.71. The Morgan fingerprint density at radius 1 is 0.923 bits per heavy atom. The fraction of sp³-hybridized carbons (Fsp3) is 0.786. The zero-order valence-electron chi connectivity index (χ0n) is 15.3. The van der Waals surface area contributed by atoms with Crippen molar-refractivity contribution in [2.24, 2.45) is 11.5 Å². The fourth-order valence-corrected chi connectivity index (χ4v) is 2.83. The maximum Gasteiger partial charge on any atom is 0.261 e. The molecular weight excluding hydrogens is 396 g/mol. The molecule has 0 aromatic carbocycles. The van der Waals surface area contributed by atoms with Crippen LogP contribution in [0.2, 0.25) is 0 Å². The van der Waals surface area contributed by atoms with Crippen LogP contribution in [0.5, 0.6) is 0 Å². The highest BCUT2D eigenvalue weighted by molar-refractivity contribution is 7.80. The van der Waals surface area contributed by atoms with E-state index in [1.54, 1.807) is 6.92 Å². The fourth-order valence-electron chi connectivity index (χ4n) is 2.04. The summed E-state index contributed by atoms with van der Waals surface area (Å²) in [5, 5.41) is 10.3. The molecule has 26 heavy (non-hydrogen) atoms. The number of hydrogen-bond acceptors (Lipinski definition) is 9. The first-order valence-electron chi connectivity index (χ1n) is 8.01. The molecule has 0 aliphatic heterocycles. The zero-order valence-corrected chi connectivity index (χ0v) is 17.9. The van der Waals surface area contributed by atoms with Crippen molar-refractivity contribution in [3.63, 3.8) is 0 Å². The SMILES string of the molecule is CCNC(N)(CCS)C(=O)N[C@@](C)(CS)C(=O)N[C@@](N)(CS)C(=O)NC. The third kappa shape index (κ3) is 6.20. The number of hydrogen-bond donors (Lipinski definition) is 9. The van der Waals surface area contributed by atoms with Crippen LogP contribution in [0.15, 0.2) is 0 Å². The van der Waals surface area contributed by atoms with Crippen LogP contribution in [0.25, 0.3) is 0 Å². The lowest BCUT2D eigenvalue weighted by atomic mass is 9.99. The second kappa shape index (κ2) is 10.6. The average molecular weight is 427 g/mol. The highest BCUT2D eigenvalue weighted by Crippen LogP contribution is 2.13. The summed E-state index contributed by atoms with van der Waals surface area (Å²) in [6, 6.07) is 0. The number of rotatable bonds is 11. The lowest BCUT2D eigenvalue weighted by molar-refractivity contribution is -0.138. The molecule has 0 aliphatic carbocycles. The van der Waals surface area contributed by atoms with Gasteiger partial charge in [0.15, 0.2) is 5.66 Å². The molecular formula is C14H30N6O3S3. The van der Waals surface area contributed by atoms with E-state index in [1.807, 2.05) is 0 Å². The van der Waals surface area contributed by atoms with Crippen molar-refractivity contribution >= 4 is 55.6 Å². The highest BCUT2D eigenvalue weighted by atomic mass is 32.1. The molecule has 0 heterocycles. The van der Waals surface area contributed by atoms with E-state index in [-0.39, 0.29) is 17.9 Å². The Balaban J connectivity index is 5.47. The van der Waals surface area contributed by atoms with E-state index < -0.39 is 34.6 Å². The number of thiol groups is 3. The Hall–Kier alpha value is -0.660. The first-order chi connectivity index (χ1) is 12.0. The van der Waals surface area contributed by atoms with Crippen molar-refractivity contribution in [3.05, 3.63) is 0 Å². The number of carbonyl (C=O) groups excluding carboxylic acids is 3. The van der Waals surface area contributed by atoms with Crippen LogP contribution in [-0.2, 0) is 14.4 Å². The van der Waals surface area contributed by atoms with Gasteiger partial charge < -0.3 is 27.4 Å². The van der Waals surface area contributed by atoms with Gasteiger partial charge in [-0.1, -0.05) is 6.92 Å². The summed E-state index contributed by atoms with van der Waals surface area (Å²) in [5.41, 5.74) is 7.43. The maximum absolute atomic E-state index is 12.7. The van der Waals surface area contributed by atoms with Crippen LogP contribution < -0.4 is 32.7 Å². The molecule has 9 nitrogen and oxygen atoms in total. The number of amides is 3. The first kappa shape index (κ1) is 25.3. The van der Waals surface area contributed by atoms with Crippen molar-refractivity contribution < 1.29 is 14.4 Å². The van der Waals surface area contributed by atoms with Crippen molar-refractivity contribution in [1.29, 1.82) is 0 Å². The van der Waals surface area contributed by atoms with Crippen LogP contribution >= 0.6 is 37.9 Å². The van der Waals surface area contributed by atoms with E-state index >= 15 is 0 Å². The minimum absolute atomic E-state index is 0.0515. The van der Waals surface area contributed by atoms with Gasteiger partial charge in [-0.15, -0.1) is 0 Å². The van der Waals surface area contributed by atoms with Gasteiger partial charge in [0.25, 0.3) is 11.8 Å². The Morgan fingerprint density at radius 3 is 1.88 bits per heavy atom. The summed E-state index contributed by atoms with van der Waals surface area (Å²) in [4.78, 5) is 37.3. The molecule has 152 valence electrons. The molecule has 0 aliphatic rings. The third-order valence-electron chi connectivity index (χ3n) is 3.83. The largest absolute Gasteiger partial charge is 0.356 e. The van der Waals surface area contributed by atoms with Gasteiger partial charge >= 0.3 is 0 Å². The Labute approximate surface area is 170 Å². The standard InChI is InChI=1S/C14H30N6O3S3/c1-4-18-13(15,5-6-24)11(23)19-12(2,7-25)9(21)20-14(16,8-26)10(22)17-3/h18,24-26H,4-8,15-16H2,1-3H3,(H,17,22)(H,19,23)(H,20,21)/t12-,13?,14-/m0/s1. The van der Waals surface area contributed by atoms with Crippen LogP contribution in [0.1, 0.15) is 20.3 Å². The Morgan fingerprint density at radius 2 is 1.50 bits per heavy atom. The van der Waals surface area contributed by atoms with Gasteiger partial charge in [0.2, 0.25) is 5.91 Å². The van der Waals surface area contributed by atoms with E-state index in [0.717, 1.165) is 0 Å². The number of nitrogens with two attached hydrogens (primary N) is 2. The average Bonchev–Trinajstić information content (AvgIpc) is 2.60. The maximum atomic E-state index is 12.7. The van der Waals surface area contributed by atoms with Crippen molar-refractivity contribution in [2.75, 3.05) is 30.9 Å². The van der Waals surface area contributed by atoms with Gasteiger partial charge in [0.1, 0.15) is 11.2 Å². The molecule has 3 atom stereocenters. The van der Waals surface area contributed by atoms with Crippen molar-refractivity contribution in [2.45, 2.75) is 37.1 Å². The van der Waals surface area contributed by atoms with Crippen LogP contribution in [0, 0.1) is 0 Å². The lowest BCUT2D eigenvalue weighted by Gasteiger charge is -2.37. The topological polar surface area (TPSA) is 151 Å². The van der Waals surface area contributed by atoms with Gasteiger partial charge in [0.05, 0.1) is 0 Å². The molecule has 0 bridgehead atoms. The first-order valence-corrected chi connectivity index (χ1v) is 9.91. The molecule has 1 unspecified atom stereocenters. The van der Waals surface area contributed by atoms with Gasteiger partial charge in [-0.05, 0) is 25.6 Å². The van der Waals surface area contributed by atoms with E-state index in [9.17, 15) is 14.4 Å². The van der Waals surface area contributed by atoms with Crippen LogP contribution in [-0.4, -0.2) is 65.4 Å². The van der Waals surface area contributed by atoms with E-state index in [2.05, 4.69) is 59.2 Å². The monoisotopic (exact) mass is 426 g/mol. The van der Waals surface area contributed by atoms with Crippen LogP contribution in [0.4, 0.5) is 0 Å². The molecule has 8 N–H and O–H groups in total. The van der Waals surface area contributed by atoms with Crippen LogP contribution in [0.3, 0.4) is 0 Å². The molecule has 0 saturated carbocycles. The van der Waals surface area contributed by atoms with Gasteiger partial charge in [-0.25, -0.2) is 0 Å².